The molecule has 0 aliphatic heterocycles. The summed E-state index contributed by atoms with van der Waals surface area (Å²) in [6, 6.07) is 4.82. The molecule has 1 rings (SSSR count). The quantitative estimate of drug-likeness (QED) is 0.784. The van der Waals surface area contributed by atoms with Gasteiger partial charge in [0.05, 0.1) is 19.3 Å². The molecule has 3 nitrogen and oxygen atoms in total. The van der Waals surface area contributed by atoms with Gasteiger partial charge in [0.2, 0.25) is 0 Å². The highest BCUT2D eigenvalue weighted by atomic mass is 19.1. The van der Waals surface area contributed by atoms with Crippen molar-refractivity contribution in [3.63, 3.8) is 0 Å². The Hall–Kier alpha value is -1.41. The molecule has 1 aromatic carbocycles. The fourth-order valence-corrected chi connectivity index (χ4v) is 1.87. The molecular formula is C17H24FNO2. The van der Waals surface area contributed by atoms with Gasteiger partial charge in [0, 0.05) is 25.1 Å². The van der Waals surface area contributed by atoms with Crippen LogP contribution in [0.4, 0.5) is 4.39 Å². The summed E-state index contributed by atoms with van der Waals surface area (Å²) in [5, 5.41) is 8.70. The number of benzene rings is 1. The molecule has 0 heterocycles. The van der Waals surface area contributed by atoms with Crippen LogP contribution in [0.2, 0.25) is 0 Å². The molecule has 0 spiro atoms. The van der Waals surface area contributed by atoms with Crippen LogP contribution in [0, 0.1) is 17.7 Å². The molecule has 0 saturated heterocycles. The van der Waals surface area contributed by atoms with Gasteiger partial charge >= 0.3 is 0 Å². The minimum absolute atomic E-state index is 0.0216. The molecule has 21 heavy (non-hydrogen) atoms. The molecule has 0 bridgehead atoms. The second kappa shape index (κ2) is 9.51. The SMILES string of the molecule is CC(C)OCCN(C)Cc1cc(F)cc(C#CCCO)c1. The maximum absolute atomic E-state index is 13.6. The number of ether oxygens (including phenoxy) is 1. The fraction of sp³-hybridized carbons (Fsp3) is 0.529. The van der Waals surface area contributed by atoms with E-state index < -0.39 is 0 Å². The first-order valence-electron chi connectivity index (χ1n) is 7.20. The number of hydrogen-bond donors (Lipinski definition) is 1. The lowest BCUT2D eigenvalue weighted by Gasteiger charge is -2.18. The third-order valence-electron chi connectivity index (χ3n) is 2.80. The number of aliphatic hydroxyl groups excluding tert-OH is 1. The van der Waals surface area contributed by atoms with Crippen molar-refractivity contribution in [3.05, 3.63) is 35.1 Å². The van der Waals surface area contributed by atoms with Crippen LogP contribution in [0.15, 0.2) is 18.2 Å². The van der Waals surface area contributed by atoms with E-state index in [0.29, 0.717) is 25.1 Å². The number of aliphatic hydroxyl groups is 1. The second-order valence-corrected chi connectivity index (χ2v) is 5.28. The Kier molecular flexibility index (Phi) is 7.99. The number of rotatable bonds is 7. The molecule has 4 heteroatoms. The van der Waals surface area contributed by atoms with E-state index in [2.05, 4.69) is 16.7 Å². The van der Waals surface area contributed by atoms with Gasteiger partial charge in [-0.15, -0.1) is 0 Å². The summed E-state index contributed by atoms with van der Waals surface area (Å²) in [6.45, 7) is 6.13. The van der Waals surface area contributed by atoms with E-state index in [1.54, 1.807) is 0 Å². The van der Waals surface area contributed by atoms with Gasteiger partial charge in [0.1, 0.15) is 5.82 Å². The van der Waals surface area contributed by atoms with Crippen LogP contribution in [0.3, 0.4) is 0 Å². The number of halogens is 1. The van der Waals surface area contributed by atoms with Crippen molar-refractivity contribution >= 4 is 0 Å². The predicted octanol–water partition coefficient (Wildman–Crippen LogP) is 2.42. The standard InChI is InChI=1S/C17H24FNO2/c1-14(2)21-9-7-19(3)13-16-10-15(6-4-5-8-20)11-17(18)12-16/h10-12,14,20H,5,7-9,13H2,1-3H3. The Balaban J connectivity index is 2.60. The highest BCUT2D eigenvalue weighted by molar-refractivity contribution is 5.37. The number of likely N-dealkylation sites (N-methyl/N-ethyl adjacent to an activating group) is 1. The normalized spacial score (nSPS) is 10.8. The highest BCUT2D eigenvalue weighted by Crippen LogP contribution is 2.10. The second-order valence-electron chi connectivity index (χ2n) is 5.28. The largest absolute Gasteiger partial charge is 0.395 e. The van der Waals surface area contributed by atoms with Crippen LogP contribution < -0.4 is 0 Å². The molecule has 0 atom stereocenters. The molecule has 0 radical (unpaired) electrons. The molecule has 1 aromatic rings. The van der Waals surface area contributed by atoms with Gasteiger partial charge in [-0.05, 0) is 44.7 Å². The average molecular weight is 293 g/mol. The smallest absolute Gasteiger partial charge is 0.124 e. The van der Waals surface area contributed by atoms with Gasteiger partial charge in [-0.1, -0.05) is 11.8 Å². The summed E-state index contributed by atoms with van der Waals surface area (Å²) in [5.74, 6) is 5.39. The predicted molar refractivity (Wildman–Crippen MR) is 82.4 cm³/mol. The zero-order valence-electron chi connectivity index (χ0n) is 13.0. The molecule has 0 aliphatic carbocycles. The fourth-order valence-electron chi connectivity index (χ4n) is 1.87. The average Bonchev–Trinajstić information content (AvgIpc) is 2.37. The summed E-state index contributed by atoms with van der Waals surface area (Å²) in [4.78, 5) is 2.09. The van der Waals surface area contributed by atoms with Crippen molar-refractivity contribution < 1.29 is 14.2 Å². The zero-order valence-corrected chi connectivity index (χ0v) is 13.0. The summed E-state index contributed by atoms with van der Waals surface area (Å²) in [6.07, 6.45) is 0.624. The van der Waals surface area contributed by atoms with Crippen LogP contribution in [0.25, 0.3) is 0 Å². The minimum atomic E-state index is -0.285. The van der Waals surface area contributed by atoms with Crippen molar-refractivity contribution in [1.29, 1.82) is 0 Å². The first-order valence-corrected chi connectivity index (χ1v) is 7.20. The molecule has 0 aromatic heterocycles. The zero-order chi connectivity index (χ0) is 15.7. The lowest BCUT2D eigenvalue weighted by Crippen LogP contribution is -2.24. The third kappa shape index (κ3) is 7.81. The Morgan fingerprint density at radius 2 is 2.10 bits per heavy atom. The molecule has 0 fully saturated rings. The van der Waals surface area contributed by atoms with Crippen molar-refractivity contribution in [1.82, 2.24) is 4.90 Å². The Morgan fingerprint density at radius 1 is 1.33 bits per heavy atom. The van der Waals surface area contributed by atoms with E-state index in [4.69, 9.17) is 9.84 Å². The van der Waals surface area contributed by atoms with E-state index >= 15 is 0 Å². The topological polar surface area (TPSA) is 32.7 Å². The molecule has 116 valence electrons. The Labute approximate surface area is 126 Å². The van der Waals surface area contributed by atoms with Gasteiger partial charge in [-0.25, -0.2) is 4.39 Å². The summed E-state index contributed by atoms with van der Waals surface area (Å²) >= 11 is 0. The van der Waals surface area contributed by atoms with Gasteiger partial charge in [-0.3, -0.25) is 4.90 Å². The van der Waals surface area contributed by atoms with Crippen molar-refractivity contribution in [2.45, 2.75) is 32.9 Å². The van der Waals surface area contributed by atoms with Crippen LogP contribution in [-0.2, 0) is 11.3 Å². The van der Waals surface area contributed by atoms with Crippen LogP contribution in [0.1, 0.15) is 31.4 Å². The van der Waals surface area contributed by atoms with Gasteiger partial charge < -0.3 is 9.84 Å². The molecule has 0 unspecified atom stereocenters. The van der Waals surface area contributed by atoms with Crippen molar-refractivity contribution in [3.8, 4) is 11.8 Å². The first-order chi connectivity index (χ1) is 10.0. The number of nitrogens with zero attached hydrogens (tertiary/aromatic N) is 1. The van der Waals surface area contributed by atoms with E-state index in [0.717, 1.165) is 12.1 Å². The molecule has 0 saturated carbocycles. The number of hydrogen-bond acceptors (Lipinski definition) is 3. The lowest BCUT2D eigenvalue weighted by molar-refractivity contribution is 0.0627. The minimum Gasteiger partial charge on any atom is -0.395 e. The van der Waals surface area contributed by atoms with E-state index in [9.17, 15) is 4.39 Å². The van der Waals surface area contributed by atoms with Crippen molar-refractivity contribution in [2.24, 2.45) is 0 Å². The van der Waals surface area contributed by atoms with E-state index in [-0.39, 0.29) is 18.5 Å². The molecular weight excluding hydrogens is 269 g/mol. The maximum atomic E-state index is 13.6. The summed E-state index contributed by atoms with van der Waals surface area (Å²) < 4.78 is 19.1. The third-order valence-corrected chi connectivity index (χ3v) is 2.80. The lowest BCUT2D eigenvalue weighted by atomic mass is 10.1. The highest BCUT2D eigenvalue weighted by Gasteiger charge is 2.04. The molecule has 0 aliphatic rings. The summed E-state index contributed by atoms with van der Waals surface area (Å²) in [7, 11) is 1.98. The van der Waals surface area contributed by atoms with Gasteiger partial charge in [-0.2, -0.15) is 0 Å². The molecule has 1 N–H and O–H groups in total. The van der Waals surface area contributed by atoms with Crippen LogP contribution >= 0.6 is 0 Å². The van der Waals surface area contributed by atoms with E-state index in [1.165, 1.54) is 12.1 Å². The van der Waals surface area contributed by atoms with Gasteiger partial charge in [0.25, 0.3) is 0 Å². The van der Waals surface area contributed by atoms with Crippen LogP contribution in [-0.4, -0.2) is 42.9 Å². The molecule has 0 amide bonds. The van der Waals surface area contributed by atoms with Crippen molar-refractivity contribution in [2.75, 3.05) is 26.8 Å². The van der Waals surface area contributed by atoms with Crippen LogP contribution in [0.5, 0.6) is 0 Å². The first kappa shape index (κ1) is 17.6. The Morgan fingerprint density at radius 3 is 2.76 bits per heavy atom. The Bertz CT molecular complexity index is 491. The monoisotopic (exact) mass is 293 g/mol. The summed E-state index contributed by atoms with van der Waals surface area (Å²) in [5.41, 5.74) is 1.53. The van der Waals surface area contributed by atoms with Gasteiger partial charge in [0.15, 0.2) is 0 Å². The van der Waals surface area contributed by atoms with E-state index in [1.807, 2.05) is 27.0 Å². The maximum Gasteiger partial charge on any atom is 0.124 e.